The van der Waals surface area contributed by atoms with Crippen LogP contribution in [0, 0.1) is 0 Å². The summed E-state index contributed by atoms with van der Waals surface area (Å²) in [5, 5.41) is 34.9. The normalized spacial score (nSPS) is 13.7. The Labute approximate surface area is 218 Å². The average molecular weight is 538 g/mol. The number of carbonyl (C=O) groups excluding carboxylic acids is 3. The molecule has 4 atom stereocenters. The number of aliphatic hydroxyl groups excluding tert-OH is 1. The first-order chi connectivity index (χ1) is 17.9. The van der Waals surface area contributed by atoms with E-state index >= 15 is 0 Å². The molecule has 4 unspecified atom stereocenters. The highest BCUT2D eigenvalue weighted by Crippen LogP contribution is 2.06. The third-order valence-electron chi connectivity index (χ3n) is 5.30. The summed E-state index contributed by atoms with van der Waals surface area (Å²) >= 11 is 0. The van der Waals surface area contributed by atoms with Crippen LogP contribution in [-0.4, -0.2) is 88.3 Å². The second kappa shape index (κ2) is 16.5. The van der Waals surface area contributed by atoms with Gasteiger partial charge in [-0.05, 0) is 24.8 Å². The molecule has 38 heavy (non-hydrogen) atoms. The van der Waals surface area contributed by atoms with Gasteiger partial charge < -0.3 is 48.5 Å². The van der Waals surface area contributed by atoms with Crippen molar-refractivity contribution in [1.29, 1.82) is 0 Å². The highest BCUT2D eigenvalue weighted by atomic mass is 16.4. The van der Waals surface area contributed by atoms with Crippen molar-refractivity contribution >= 4 is 35.6 Å². The summed E-state index contributed by atoms with van der Waals surface area (Å²) in [6, 6.07) is 3.18. The first kappa shape index (κ1) is 31.8. The zero-order valence-corrected chi connectivity index (χ0v) is 20.7. The van der Waals surface area contributed by atoms with Crippen LogP contribution < -0.4 is 33.2 Å². The van der Waals surface area contributed by atoms with E-state index in [2.05, 4.69) is 20.9 Å². The molecule has 0 radical (unpaired) electrons. The molecular formula is C23H35N7O8. The maximum Gasteiger partial charge on any atom is 0.326 e. The molecule has 0 saturated heterocycles. The van der Waals surface area contributed by atoms with Crippen LogP contribution in [0.5, 0.6) is 0 Å². The van der Waals surface area contributed by atoms with Gasteiger partial charge in [0.15, 0.2) is 5.96 Å². The zero-order valence-electron chi connectivity index (χ0n) is 20.7. The summed E-state index contributed by atoms with van der Waals surface area (Å²) in [5.41, 5.74) is 16.9. The molecule has 0 aliphatic heterocycles. The van der Waals surface area contributed by atoms with Crippen LogP contribution in [0.15, 0.2) is 35.3 Å². The predicted molar refractivity (Wildman–Crippen MR) is 135 cm³/mol. The summed E-state index contributed by atoms with van der Waals surface area (Å²) in [4.78, 5) is 64.3. The smallest absolute Gasteiger partial charge is 0.326 e. The van der Waals surface area contributed by atoms with Crippen LogP contribution in [0.1, 0.15) is 31.2 Å². The molecule has 1 aromatic rings. The van der Waals surface area contributed by atoms with Gasteiger partial charge in [0, 0.05) is 19.4 Å². The number of nitrogens with one attached hydrogen (secondary N) is 3. The standard InChI is InChI=1S/C23H35N7O8/c24-14(7-4-10-27-23(25)26)19(34)30-17(12-31)21(36)29-16(11-13-5-2-1-3-6-13)20(35)28-15(22(37)38)8-9-18(32)33/h1-3,5-6,14-17,31H,4,7-12,24H2,(H,28,35)(H,29,36)(H,30,34)(H,32,33)(H,37,38)(H4,25,26,27). The number of aliphatic imine (C=N–C) groups is 1. The number of carbonyl (C=O) groups is 5. The molecule has 0 fully saturated rings. The van der Waals surface area contributed by atoms with E-state index in [1.54, 1.807) is 30.3 Å². The fraction of sp³-hybridized carbons (Fsp3) is 0.478. The Morgan fingerprint density at radius 3 is 1.97 bits per heavy atom. The second-order valence-corrected chi connectivity index (χ2v) is 8.38. The van der Waals surface area contributed by atoms with Crippen molar-refractivity contribution in [3.8, 4) is 0 Å². The second-order valence-electron chi connectivity index (χ2n) is 8.38. The third kappa shape index (κ3) is 12.1. The van der Waals surface area contributed by atoms with Crippen LogP contribution in [0.2, 0.25) is 0 Å². The monoisotopic (exact) mass is 537 g/mol. The number of aliphatic hydroxyl groups is 1. The van der Waals surface area contributed by atoms with E-state index in [1.807, 2.05) is 0 Å². The SMILES string of the molecule is NC(N)=NCCCC(N)C(=O)NC(CO)C(=O)NC(Cc1ccccc1)C(=O)NC(CCC(=O)O)C(=O)O. The van der Waals surface area contributed by atoms with E-state index in [0.717, 1.165) is 0 Å². The van der Waals surface area contributed by atoms with Crippen LogP contribution in [-0.2, 0) is 30.4 Å². The van der Waals surface area contributed by atoms with Crippen molar-refractivity contribution in [3.63, 3.8) is 0 Å². The maximum atomic E-state index is 12.9. The van der Waals surface area contributed by atoms with E-state index in [1.165, 1.54) is 0 Å². The molecule has 3 amide bonds. The van der Waals surface area contributed by atoms with Crippen LogP contribution in [0.3, 0.4) is 0 Å². The van der Waals surface area contributed by atoms with Gasteiger partial charge in [0.1, 0.15) is 18.1 Å². The fourth-order valence-electron chi connectivity index (χ4n) is 3.25. The Morgan fingerprint density at radius 1 is 0.842 bits per heavy atom. The lowest BCUT2D eigenvalue weighted by Gasteiger charge is -2.24. The molecule has 0 saturated carbocycles. The highest BCUT2D eigenvalue weighted by molar-refractivity contribution is 5.94. The van der Waals surface area contributed by atoms with Gasteiger partial charge in [-0.2, -0.15) is 0 Å². The zero-order chi connectivity index (χ0) is 28.7. The van der Waals surface area contributed by atoms with E-state index < -0.39 is 66.9 Å². The summed E-state index contributed by atoms with van der Waals surface area (Å²) < 4.78 is 0. The number of hydrogen-bond donors (Lipinski definition) is 9. The Balaban J connectivity index is 2.93. The first-order valence-electron chi connectivity index (χ1n) is 11.8. The van der Waals surface area contributed by atoms with Crippen LogP contribution in [0.25, 0.3) is 0 Å². The van der Waals surface area contributed by atoms with E-state index in [9.17, 15) is 34.2 Å². The number of aliphatic carboxylic acids is 2. The molecule has 15 nitrogen and oxygen atoms in total. The Morgan fingerprint density at radius 2 is 1.42 bits per heavy atom. The number of rotatable bonds is 17. The number of amides is 3. The number of hydrogen-bond acceptors (Lipinski definition) is 8. The van der Waals surface area contributed by atoms with Gasteiger partial charge in [0.25, 0.3) is 0 Å². The Kier molecular flexibility index (Phi) is 13.8. The molecular weight excluding hydrogens is 502 g/mol. The highest BCUT2D eigenvalue weighted by Gasteiger charge is 2.30. The summed E-state index contributed by atoms with van der Waals surface area (Å²) in [5.74, 6) is -5.32. The lowest BCUT2D eigenvalue weighted by molar-refractivity contribution is -0.143. The molecule has 1 rings (SSSR count). The minimum atomic E-state index is -1.51. The molecule has 15 heteroatoms. The average Bonchev–Trinajstić information content (AvgIpc) is 2.86. The minimum Gasteiger partial charge on any atom is -0.481 e. The van der Waals surface area contributed by atoms with Crippen molar-refractivity contribution in [3.05, 3.63) is 35.9 Å². The van der Waals surface area contributed by atoms with Crippen molar-refractivity contribution < 1.29 is 39.3 Å². The van der Waals surface area contributed by atoms with E-state index in [-0.39, 0.29) is 31.8 Å². The van der Waals surface area contributed by atoms with E-state index in [0.29, 0.717) is 12.0 Å². The van der Waals surface area contributed by atoms with Gasteiger partial charge in [-0.1, -0.05) is 30.3 Å². The minimum absolute atomic E-state index is 0.0555. The van der Waals surface area contributed by atoms with Gasteiger partial charge in [-0.3, -0.25) is 24.2 Å². The maximum absolute atomic E-state index is 12.9. The van der Waals surface area contributed by atoms with E-state index in [4.69, 9.17) is 22.3 Å². The van der Waals surface area contributed by atoms with Gasteiger partial charge in [-0.15, -0.1) is 0 Å². The van der Waals surface area contributed by atoms with Gasteiger partial charge in [0.2, 0.25) is 17.7 Å². The molecule has 0 bridgehead atoms. The first-order valence-corrected chi connectivity index (χ1v) is 11.8. The third-order valence-corrected chi connectivity index (χ3v) is 5.30. The van der Waals surface area contributed by atoms with Crippen LogP contribution in [0.4, 0.5) is 0 Å². The van der Waals surface area contributed by atoms with Crippen LogP contribution >= 0.6 is 0 Å². The van der Waals surface area contributed by atoms with Crippen molar-refractivity contribution in [2.75, 3.05) is 13.2 Å². The van der Waals surface area contributed by atoms with Crippen molar-refractivity contribution in [2.45, 2.75) is 56.3 Å². The molecule has 210 valence electrons. The van der Waals surface area contributed by atoms with Gasteiger partial charge in [0.05, 0.1) is 12.6 Å². The molecule has 0 spiro atoms. The summed E-state index contributed by atoms with van der Waals surface area (Å²) in [7, 11) is 0. The number of nitrogens with two attached hydrogens (primary N) is 3. The predicted octanol–water partition coefficient (Wildman–Crippen LogP) is -2.99. The molecule has 0 aliphatic rings. The Hall–Kier alpha value is -4.24. The molecule has 0 heterocycles. The van der Waals surface area contributed by atoms with Gasteiger partial charge in [-0.25, -0.2) is 4.79 Å². The number of carboxylic acids is 2. The lowest BCUT2D eigenvalue weighted by atomic mass is 10.0. The lowest BCUT2D eigenvalue weighted by Crippen LogP contribution is -2.58. The van der Waals surface area contributed by atoms with Crippen molar-refractivity contribution in [2.24, 2.45) is 22.2 Å². The Bertz CT molecular complexity index is 985. The topological polar surface area (TPSA) is 273 Å². The van der Waals surface area contributed by atoms with Gasteiger partial charge >= 0.3 is 11.9 Å². The summed E-state index contributed by atoms with van der Waals surface area (Å²) in [6.07, 6.45) is -0.362. The molecule has 0 aliphatic carbocycles. The fourth-order valence-corrected chi connectivity index (χ4v) is 3.25. The molecule has 0 aromatic heterocycles. The number of guanidine groups is 1. The molecule has 1 aromatic carbocycles. The number of carboxylic acid groups (broad SMARTS) is 2. The summed E-state index contributed by atoms with van der Waals surface area (Å²) in [6.45, 7) is -0.568. The van der Waals surface area contributed by atoms with Crippen molar-refractivity contribution in [1.82, 2.24) is 16.0 Å². The molecule has 12 N–H and O–H groups in total. The number of nitrogens with zero attached hydrogens (tertiary/aromatic N) is 1. The number of benzene rings is 1. The quantitative estimate of drug-likeness (QED) is 0.0548. The largest absolute Gasteiger partial charge is 0.481 e.